The fraction of sp³-hybridized carbons (Fsp3) is 0.385. The molecule has 1 aliphatic carbocycles. The molecule has 1 heterocycles. The fourth-order valence-corrected chi connectivity index (χ4v) is 2.33. The van der Waals surface area contributed by atoms with E-state index in [0.717, 1.165) is 5.56 Å². The van der Waals surface area contributed by atoms with Gasteiger partial charge in [0.15, 0.2) is 6.61 Å². The van der Waals surface area contributed by atoms with Crippen LogP contribution in [-0.2, 0) is 15.0 Å². The lowest BCUT2D eigenvalue weighted by atomic mass is 9.95. The second kappa shape index (κ2) is 3.48. The van der Waals surface area contributed by atoms with E-state index in [4.69, 9.17) is 4.74 Å². The zero-order valence-corrected chi connectivity index (χ0v) is 9.97. The van der Waals surface area contributed by atoms with Crippen LogP contribution in [-0.4, -0.2) is 30.6 Å². The molecule has 2 aliphatic rings. The first-order chi connectivity index (χ1) is 8.54. The zero-order chi connectivity index (χ0) is 12.9. The number of likely N-dealkylation sites (N-methyl/N-ethyl adjacent to an activating group) is 1. The maximum Gasteiger partial charge on any atom is 0.314 e. The standard InChI is InChI=1S/C13H13NO4/c1-14-9-3-2-8(13(4-5-13)12(16)17)6-10(9)18-7-11(14)15/h2-3,6H,4-5,7H2,1H3,(H,16,17). The summed E-state index contributed by atoms with van der Waals surface area (Å²) in [6, 6.07) is 5.28. The van der Waals surface area contributed by atoms with Gasteiger partial charge in [0.2, 0.25) is 0 Å². The molecule has 0 saturated heterocycles. The second-order valence-electron chi connectivity index (χ2n) is 4.81. The molecule has 1 amide bonds. The Bertz CT molecular complexity index is 548. The summed E-state index contributed by atoms with van der Waals surface area (Å²) in [6.45, 7) is 0.00697. The summed E-state index contributed by atoms with van der Waals surface area (Å²) < 4.78 is 5.37. The monoisotopic (exact) mass is 247 g/mol. The van der Waals surface area contributed by atoms with Gasteiger partial charge >= 0.3 is 5.97 Å². The van der Waals surface area contributed by atoms with Crippen LogP contribution in [0.1, 0.15) is 18.4 Å². The molecule has 3 rings (SSSR count). The topological polar surface area (TPSA) is 66.8 Å². The summed E-state index contributed by atoms with van der Waals surface area (Å²) in [4.78, 5) is 24.3. The highest BCUT2D eigenvalue weighted by molar-refractivity contribution is 5.97. The molecule has 18 heavy (non-hydrogen) atoms. The van der Waals surface area contributed by atoms with Gasteiger partial charge < -0.3 is 14.7 Å². The molecule has 0 bridgehead atoms. The normalized spacial score (nSPS) is 20.1. The Kier molecular flexibility index (Phi) is 2.14. The molecule has 1 aromatic rings. The minimum Gasteiger partial charge on any atom is -0.482 e. The SMILES string of the molecule is CN1C(=O)COc2cc(C3(C(=O)O)CC3)ccc21. The molecule has 1 N–H and O–H groups in total. The van der Waals surface area contributed by atoms with Crippen molar-refractivity contribution in [3.63, 3.8) is 0 Å². The van der Waals surface area contributed by atoms with E-state index in [0.29, 0.717) is 24.3 Å². The number of nitrogens with zero attached hydrogens (tertiary/aromatic N) is 1. The molecule has 94 valence electrons. The number of anilines is 1. The molecule has 1 saturated carbocycles. The molecule has 1 aliphatic heterocycles. The Balaban J connectivity index is 2.03. The largest absolute Gasteiger partial charge is 0.482 e. The number of hydrogen-bond donors (Lipinski definition) is 1. The van der Waals surface area contributed by atoms with Crippen LogP contribution in [0.15, 0.2) is 18.2 Å². The Hall–Kier alpha value is -2.04. The third kappa shape index (κ3) is 1.40. The van der Waals surface area contributed by atoms with Crippen molar-refractivity contribution in [2.24, 2.45) is 0 Å². The lowest BCUT2D eigenvalue weighted by Gasteiger charge is -2.26. The first-order valence-corrected chi connectivity index (χ1v) is 5.82. The van der Waals surface area contributed by atoms with E-state index in [1.807, 2.05) is 0 Å². The number of carbonyl (C=O) groups is 2. The van der Waals surface area contributed by atoms with Crippen LogP contribution in [0, 0.1) is 0 Å². The number of amides is 1. The van der Waals surface area contributed by atoms with Crippen molar-refractivity contribution < 1.29 is 19.4 Å². The van der Waals surface area contributed by atoms with E-state index in [1.165, 1.54) is 4.90 Å². The number of carbonyl (C=O) groups excluding carboxylic acids is 1. The van der Waals surface area contributed by atoms with Crippen molar-refractivity contribution in [2.45, 2.75) is 18.3 Å². The number of aliphatic carboxylic acids is 1. The van der Waals surface area contributed by atoms with Crippen molar-refractivity contribution in [3.8, 4) is 5.75 Å². The molecule has 1 fully saturated rings. The molecular formula is C13H13NO4. The van der Waals surface area contributed by atoms with E-state index in [9.17, 15) is 14.7 Å². The summed E-state index contributed by atoms with van der Waals surface area (Å²) in [7, 11) is 1.69. The highest BCUT2D eigenvalue weighted by Gasteiger charge is 2.52. The van der Waals surface area contributed by atoms with Gasteiger partial charge in [-0.1, -0.05) is 6.07 Å². The van der Waals surface area contributed by atoms with Crippen LogP contribution in [0.2, 0.25) is 0 Å². The Labute approximate surface area is 104 Å². The molecule has 0 radical (unpaired) electrons. The fourth-order valence-electron chi connectivity index (χ4n) is 2.33. The van der Waals surface area contributed by atoms with Crippen LogP contribution < -0.4 is 9.64 Å². The maximum absolute atomic E-state index is 11.5. The lowest BCUT2D eigenvalue weighted by molar-refractivity contribution is -0.140. The number of benzene rings is 1. The van der Waals surface area contributed by atoms with Gasteiger partial charge in [0.1, 0.15) is 5.75 Å². The molecule has 0 atom stereocenters. The molecular weight excluding hydrogens is 234 g/mol. The van der Waals surface area contributed by atoms with Gasteiger partial charge in [-0.3, -0.25) is 9.59 Å². The minimum atomic E-state index is -0.789. The minimum absolute atomic E-state index is 0.00697. The molecule has 5 heteroatoms. The predicted molar refractivity (Wildman–Crippen MR) is 63.9 cm³/mol. The predicted octanol–water partition coefficient (Wildman–Crippen LogP) is 1.16. The van der Waals surface area contributed by atoms with Crippen molar-refractivity contribution in [1.82, 2.24) is 0 Å². The maximum atomic E-state index is 11.5. The Morgan fingerprint density at radius 2 is 2.17 bits per heavy atom. The Morgan fingerprint density at radius 1 is 1.44 bits per heavy atom. The highest BCUT2D eigenvalue weighted by atomic mass is 16.5. The van der Waals surface area contributed by atoms with Gasteiger partial charge in [0, 0.05) is 7.05 Å². The number of carboxylic acids is 1. The van der Waals surface area contributed by atoms with Crippen LogP contribution in [0.25, 0.3) is 0 Å². The number of hydrogen-bond acceptors (Lipinski definition) is 3. The summed E-state index contributed by atoms with van der Waals surface area (Å²) in [6.07, 6.45) is 1.33. The van der Waals surface area contributed by atoms with Crippen molar-refractivity contribution in [3.05, 3.63) is 23.8 Å². The second-order valence-corrected chi connectivity index (χ2v) is 4.81. The zero-order valence-electron chi connectivity index (χ0n) is 9.97. The van der Waals surface area contributed by atoms with E-state index in [2.05, 4.69) is 0 Å². The van der Waals surface area contributed by atoms with Crippen LogP contribution in [0.5, 0.6) is 5.75 Å². The van der Waals surface area contributed by atoms with Crippen molar-refractivity contribution in [2.75, 3.05) is 18.6 Å². The van der Waals surface area contributed by atoms with Crippen molar-refractivity contribution in [1.29, 1.82) is 0 Å². The number of rotatable bonds is 2. The van der Waals surface area contributed by atoms with Crippen LogP contribution in [0.3, 0.4) is 0 Å². The van der Waals surface area contributed by atoms with E-state index in [-0.39, 0.29) is 12.5 Å². The number of ether oxygens (including phenoxy) is 1. The third-order valence-electron chi connectivity index (χ3n) is 3.76. The van der Waals surface area contributed by atoms with Gasteiger partial charge in [-0.05, 0) is 30.5 Å². The molecule has 0 spiro atoms. The third-order valence-corrected chi connectivity index (χ3v) is 3.76. The van der Waals surface area contributed by atoms with Crippen LogP contribution in [0.4, 0.5) is 5.69 Å². The van der Waals surface area contributed by atoms with Gasteiger partial charge in [0.25, 0.3) is 5.91 Å². The van der Waals surface area contributed by atoms with Gasteiger partial charge in [-0.25, -0.2) is 0 Å². The summed E-state index contributed by atoms with van der Waals surface area (Å²) >= 11 is 0. The van der Waals surface area contributed by atoms with Crippen LogP contribution >= 0.6 is 0 Å². The smallest absolute Gasteiger partial charge is 0.314 e. The average Bonchev–Trinajstić information content (AvgIpc) is 3.15. The van der Waals surface area contributed by atoms with E-state index < -0.39 is 11.4 Å². The average molecular weight is 247 g/mol. The summed E-state index contributed by atoms with van der Waals surface area (Å²) in [5.74, 6) is -0.306. The highest BCUT2D eigenvalue weighted by Crippen LogP contribution is 2.50. The number of carboxylic acid groups (broad SMARTS) is 1. The Morgan fingerprint density at radius 3 is 2.78 bits per heavy atom. The summed E-state index contributed by atoms with van der Waals surface area (Å²) in [5, 5.41) is 9.25. The van der Waals surface area contributed by atoms with Crippen molar-refractivity contribution >= 4 is 17.6 Å². The first kappa shape index (κ1) is 11.1. The molecule has 0 aromatic heterocycles. The molecule has 5 nitrogen and oxygen atoms in total. The summed E-state index contributed by atoms with van der Waals surface area (Å²) in [5.41, 5.74) is 0.714. The number of fused-ring (bicyclic) bond motifs is 1. The van der Waals surface area contributed by atoms with Gasteiger partial charge in [-0.15, -0.1) is 0 Å². The molecule has 1 aromatic carbocycles. The van der Waals surface area contributed by atoms with E-state index in [1.54, 1.807) is 25.2 Å². The van der Waals surface area contributed by atoms with Gasteiger partial charge in [-0.2, -0.15) is 0 Å². The quantitative estimate of drug-likeness (QED) is 0.851. The first-order valence-electron chi connectivity index (χ1n) is 5.82. The van der Waals surface area contributed by atoms with E-state index >= 15 is 0 Å². The lowest BCUT2D eigenvalue weighted by Crippen LogP contribution is -2.35. The van der Waals surface area contributed by atoms with Gasteiger partial charge in [0.05, 0.1) is 11.1 Å². The molecule has 0 unspecified atom stereocenters.